The molecule has 3 rings (SSSR count). The highest BCUT2D eigenvalue weighted by Crippen LogP contribution is 2.38. The third-order valence-electron chi connectivity index (χ3n) is 4.67. The number of methoxy groups -OCH3 is 2. The lowest BCUT2D eigenvalue weighted by Gasteiger charge is -2.24. The fourth-order valence-corrected chi connectivity index (χ4v) is 3.25. The predicted octanol–water partition coefficient (Wildman–Crippen LogP) is 4.75. The molecular formula is C20H23ClF3NO3. The van der Waals surface area contributed by atoms with Crippen molar-refractivity contribution in [2.45, 2.75) is 18.7 Å². The predicted molar refractivity (Wildman–Crippen MR) is 103 cm³/mol. The molecule has 0 N–H and O–H groups in total. The summed E-state index contributed by atoms with van der Waals surface area (Å²) in [7, 11) is 5.09. The average Bonchev–Trinajstić information content (AvgIpc) is 2.78. The van der Waals surface area contributed by atoms with Crippen LogP contribution in [0.5, 0.6) is 17.2 Å². The van der Waals surface area contributed by atoms with Crippen LogP contribution in [0, 0.1) is 0 Å². The fourth-order valence-electron chi connectivity index (χ4n) is 3.25. The molecule has 1 unspecified atom stereocenters. The van der Waals surface area contributed by atoms with E-state index in [0.717, 1.165) is 36.2 Å². The molecule has 0 radical (unpaired) electrons. The Balaban J connectivity index is 0.00000280. The van der Waals surface area contributed by atoms with Gasteiger partial charge in [-0.15, -0.1) is 12.4 Å². The smallest absolute Gasteiger partial charge is 0.416 e. The first-order valence-electron chi connectivity index (χ1n) is 8.59. The van der Waals surface area contributed by atoms with Gasteiger partial charge in [0.2, 0.25) is 0 Å². The largest absolute Gasteiger partial charge is 0.493 e. The summed E-state index contributed by atoms with van der Waals surface area (Å²) in [5, 5.41) is 0. The van der Waals surface area contributed by atoms with Gasteiger partial charge in [0, 0.05) is 18.7 Å². The number of hydrogen-bond acceptors (Lipinski definition) is 4. The first-order valence-corrected chi connectivity index (χ1v) is 8.59. The standard InChI is InChI=1S/C20H22F3NO3.ClH/c1-24-8-7-13-9-17(25-2)18(26-3)11-16(13)19(12-24)27-15-6-4-5-14(10-15)20(21,22)23;/h4-6,9-11,19H,7-8,12H2,1-3H3;1H. The minimum absolute atomic E-state index is 0. The normalized spacial score (nSPS) is 17.1. The maximum Gasteiger partial charge on any atom is 0.416 e. The molecule has 0 aromatic heterocycles. The topological polar surface area (TPSA) is 30.9 Å². The molecule has 2 aromatic carbocycles. The van der Waals surface area contributed by atoms with Gasteiger partial charge in [0.15, 0.2) is 11.5 Å². The molecule has 4 nitrogen and oxygen atoms in total. The van der Waals surface area contributed by atoms with Crippen molar-refractivity contribution in [1.29, 1.82) is 0 Å². The van der Waals surface area contributed by atoms with Gasteiger partial charge in [-0.1, -0.05) is 6.07 Å². The third-order valence-corrected chi connectivity index (χ3v) is 4.67. The van der Waals surface area contributed by atoms with Gasteiger partial charge in [-0.05, 0) is 49.4 Å². The second kappa shape index (κ2) is 8.92. The molecule has 0 amide bonds. The minimum atomic E-state index is -4.41. The van der Waals surface area contributed by atoms with E-state index in [4.69, 9.17) is 14.2 Å². The molecule has 2 aromatic rings. The summed E-state index contributed by atoms with van der Waals surface area (Å²) in [5.41, 5.74) is 1.21. The van der Waals surface area contributed by atoms with Crippen molar-refractivity contribution in [3.05, 3.63) is 53.1 Å². The molecule has 1 atom stereocenters. The number of ether oxygens (including phenoxy) is 3. The molecule has 28 heavy (non-hydrogen) atoms. The number of nitrogens with zero attached hydrogens (tertiary/aromatic N) is 1. The molecule has 0 aliphatic carbocycles. The zero-order valence-electron chi connectivity index (χ0n) is 15.9. The van der Waals surface area contributed by atoms with E-state index in [0.29, 0.717) is 18.0 Å². The molecule has 0 fully saturated rings. The van der Waals surface area contributed by atoms with Gasteiger partial charge in [0.1, 0.15) is 11.9 Å². The van der Waals surface area contributed by atoms with Gasteiger partial charge < -0.3 is 19.1 Å². The van der Waals surface area contributed by atoms with Crippen molar-refractivity contribution in [3.63, 3.8) is 0 Å². The van der Waals surface area contributed by atoms with E-state index in [-0.39, 0.29) is 18.2 Å². The van der Waals surface area contributed by atoms with E-state index in [1.165, 1.54) is 6.07 Å². The van der Waals surface area contributed by atoms with Crippen LogP contribution < -0.4 is 14.2 Å². The van der Waals surface area contributed by atoms with Gasteiger partial charge >= 0.3 is 6.18 Å². The maximum absolute atomic E-state index is 13.0. The minimum Gasteiger partial charge on any atom is -0.493 e. The highest BCUT2D eigenvalue weighted by molar-refractivity contribution is 5.85. The van der Waals surface area contributed by atoms with Gasteiger partial charge in [-0.3, -0.25) is 0 Å². The van der Waals surface area contributed by atoms with Crippen LogP contribution in [-0.2, 0) is 12.6 Å². The summed E-state index contributed by atoms with van der Waals surface area (Å²) in [4.78, 5) is 2.09. The zero-order valence-corrected chi connectivity index (χ0v) is 16.7. The van der Waals surface area contributed by atoms with Crippen molar-refractivity contribution >= 4 is 12.4 Å². The lowest BCUT2D eigenvalue weighted by molar-refractivity contribution is -0.137. The number of hydrogen-bond donors (Lipinski definition) is 0. The second-order valence-corrected chi connectivity index (χ2v) is 6.55. The summed E-state index contributed by atoms with van der Waals surface area (Å²) in [6, 6.07) is 8.73. The van der Waals surface area contributed by atoms with E-state index in [1.807, 2.05) is 19.2 Å². The van der Waals surface area contributed by atoms with Gasteiger partial charge in [0.05, 0.1) is 19.8 Å². The van der Waals surface area contributed by atoms with Crippen molar-refractivity contribution in [1.82, 2.24) is 4.90 Å². The Kier molecular flexibility index (Phi) is 7.06. The average molecular weight is 418 g/mol. The quantitative estimate of drug-likeness (QED) is 0.718. The Hall–Kier alpha value is -2.12. The SMILES string of the molecule is COc1cc2c(cc1OC)C(Oc1cccc(C(F)(F)F)c1)CN(C)CC2.Cl. The molecule has 154 valence electrons. The first-order chi connectivity index (χ1) is 12.8. The van der Waals surface area contributed by atoms with E-state index >= 15 is 0 Å². The Morgan fingerprint density at radius 2 is 1.71 bits per heavy atom. The number of alkyl halides is 3. The van der Waals surface area contributed by atoms with Crippen LogP contribution in [0.3, 0.4) is 0 Å². The molecule has 0 bridgehead atoms. The van der Waals surface area contributed by atoms with Crippen LogP contribution in [0.2, 0.25) is 0 Å². The van der Waals surface area contributed by atoms with Crippen molar-refractivity contribution in [2.75, 3.05) is 34.4 Å². The Labute approximate surface area is 168 Å². The zero-order chi connectivity index (χ0) is 19.6. The number of fused-ring (bicyclic) bond motifs is 1. The summed E-state index contributed by atoms with van der Waals surface area (Å²) >= 11 is 0. The third kappa shape index (κ3) is 4.83. The molecule has 0 saturated carbocycles. The van der Waals surface area contributed by atoms with Crippen LogP contribution in [0.4, 0.5) is 13.2 Å². The van der Waals surface area contributed by atoms with Crippen LogP contribution in [-0.4, -0.2) is 39.3 Å². The molecule has 1 heterocycles. The van der Waals surface area contributed by atoms with E-state index < -0.39 is 17.8 Å². The fraction of sp³-hybridized carbons (Fsp3) is 0.400. The van der Waals surface area contributed by atoms with Gasteiger partial charge in [-0.2, -0.15) is 13.2 Å². The first kappa shape index (κ1) is 22.2. The summed E-state index contributed by atoms with van der Waals surface area (Å²) < 4.78 is 55.8. The highest BCUT2D eigenvalue weighted by atomic mass is 35.5. The van der Waals surface area contributed by atoms with Crippen LogP contribution in [0.25, 0.3) is 0 Å². The Morgan fingerprint density at radius 3 is 2.36 bits per heavy atom. The number of likely N-dealkylation sites (N-methyl/N-ethyl adjacent to an activating group) is 1. The molecule has 0 spiro atoms. The number of halogens is 4. The van der Waals surface area contributed by atoms with Crippen LogP contribution in [0.1, 0.15) is 22.8 Å². The Morgan fingerprint density at radius 1 is 1.04 bits per heavy atom. The van der Waals surface area contributed by atoms with E-state index in [9.17, 15) is 13.2 Å². The van der Waals surface area contributed by atoms with Crippen molar-refractivity contribution < 1.29 is 27.4 Å². The van der Waals surface area contributed by atoms with E-state index in [2.05, 4.69) is 4.90 Å². The van der Waals surface area contributed by atoms with Crippen molar-refractivity contribution in [2.24, 2.45) is 0 Å². The molecular weight excluding hydrogens is 395 g/mol. The monoisotopic (exact) mass is 417 g/mol. The lowest BCUT2D eigenvalue weighted by Crippen LogP contribution is -2.26. The molecule has 1 aliphatic rings. The summed E-state index contributed by atoms with van der Waals surface area (Å²) in [6.07, 6.45) is -4.04. The highest BCUT2D eigenvalue weighted by Gasteiger charge is 2.31. The number of benzene rings is 2. The maximum atomic E-state index is 13.0. The Bertz CT molecular complexity index is 814. The second-order valence-electron chi connectivity index (χ2n) is 6.55. The molecule has 0 saturated heterocycles. The molecule has 1 aliphatic heterocycles. The number of rotatable bonds is 4. The van der Waals surface area contributed by atoms with E-state index in [1.54, 1.807) is 20.3 Å². The van der Waals surface area contributed by atoms with Gasteiger partial charge in [-0.25, -0.2) is 0 Å². The summed E-state index contributed by atoms with van der Waals surface area (Å²) in [5.74, 6) is 1.38. The summed E-state index contributed by atoms with van der Waals surface area (Å²) in [6.45, 7) is 1.36. The lowest BCUT2D eigenvalue weighted by atomic mass is 10.00. The van der Waals surface area contributed by atoms with Gasteiger partial charge in [0.25, 0.3) is 0 Å². The van der Waals surface area contributed by atoms with Crippen LogP contribution in [0.15, 0.2) is 36.4 Å². The van der Waals surface area contributed by atoms with Crippen molar-refractivity contribution in [3.8, 4) is 17.2 Å². The van der Waals surface area contributed by atoms with Crippen LogP contribution >= 0.6 is 12.4 Å². The molecule has 8 heteroatoms.